The monoisotopic (exact) mass is 333 g/mol. The van der Waals surface area contributed by atoms with Crippen LogP contribution in [0, 0.1) is 10.1 Å². The summed E-state index contributed by atoms with van der Waals surface area (Å²) in [5.74, 6) is 0.223. The molecule has 2 aromatic rings. The third kappa shape index (κ3) is 3.04. The van der Waals surface area contributed by atoms with E-state index in [-0.39, 0.29) is 21.5 Å². The van der Waals surface area contributed by atoms with Gasteiger partial charge in [0.1, 0.15) is 10.8 Å². The van der Waals surface area contributed by atoms with Crippen LogP contribution < -0.4 is 4.74 Å². The molecule has 0 spiro atoms. The predicted molar refractivity (Wildman–Crippen MR) is 78.1 cm³/mol. The SMILES string of the molecule is C[C@@H](O)c1cc([N+](=O)[O-])c(Oc2cccc(Cl)c2Cl)s1. The normalized spacial score (nSPS) is 12.2. The Bertz CT molecular complexity index is 657. The summed E-state index contributed by atoms with van der Waals surface area (Å²) in [6, 6.07) is 6.04. The Kier molecular flexibility index (Phi) is 4.49. The smallest absolute Gasteiger partial charge is 0.323 e. The number of hydrogen-bond acceptors (Lipinski definition) is 5. The fourth-order valence-corrected chi connectivity index (χ4v) is 2.71. The average molecular weight is 334 g/mol. The molecule has 0 amide bonds. The first-order chi connectivity index (χ1) is 9.40. The number of ether oxygens (including phenoxy) is 1. The van der Waals surface area contributed by atoms with E-state index >= 15 is 0 Å². The summed E-state index contributed by atoms with van der Waals surface area (Å²) in [6.45, 7) is 1.52. The van der Waals surface area contributed by atoms with Crippen LogP contribution in [0.1, 0.15) is 17.9 Å². The van der Waals surface area contributed by atoms with E-state index in [4.69, 9.17) is 27.9 Å². The molecule has 0 fully saturated rings. The summed E-state index contributed by atoms with van der Waals surface area (Å²) in [6.07, 6.45) is -0.814. The summed E-state index contributed by atoms with van der Waals surface area (Å²) >= 11 is 12.8. The van der Waals surface area contributed by atoms with Crippen molar-refractivity contribution in [2.24, 2.45) is 0 Å². The van der Waals surface area contributed by atoms with Crippen LogP contribution in [0.2, 0.25) is 10.0 Å². The second-order valence-electron chi connectivity index (χ2n) is 3.91. The van der Waals surface area contributed by atoms with Crippen molar-refractivity contribution in [1.29, 1.82) is 0 Å². The van der Waals surface area contributed by atoms with Gasteiger partial charge in [-0.1, -0.05) is 40.6 Å². The molecule has 20 heavy (non-hydrogen) atoms. The summed E-state index contributed by atoms with van der Waals surface area (Å²) in [4.78, 5) is 10.9. The van der Waals surface area contributed by atoms with Crippen molar-refractivity contribution in [3.05, 3.63) is 49.3 Å². The highest BCUT2D eigenvalue weighted by Gasteiger charge is 2.23. The number of halogens is 2. The van der Waals surface area contributed by atoms with E-state index in [1.165, 1.54) is 13.0 Å². The Labute approximate surface area is 128 Å². The van der Waals surface area contributed by atoms with E-state index in [2.05, 4.69) is 0 Å². The summed E-state index contributed by atoms with van der Waals surface area (Å²) in [7, 11) is 0. The van der Waals surface area contributed by atoms with E-state index in [0.717, 1.165) is 11.3 Å². The molecule has 0 saturated heterocycles. The van der Waals surface area contributed by atoms with Gasteiger partial charge >= 0.3 is 5.69 Å². The highest BCUT2D eigenvalue weighted by molar-refractivity contribution is 7.14. The first-order valence-corrected chi connectivity index (χ1v) is 7.05. The molecule has 1 N–H and O–H groups in total. The van der Waals surface area contributed by atoms with Crippen molar-refractivity contribution >= 4 is 40.2 Å². The van der Waals surface area contributed by atoms with Gasteiger partial charge in [-0.15, -0.1) is 0 Å². The van der Waals surface area contributed by atoms with E-state index in [1.54, 1.807) is 18.2 Å². The quantitative estimate of drug-likeness (QED) is 0.643. The number of rotatable bonds is 4. The Morgan fingerprint density at radius 3 is 2.75 bits per heavy atom. The van der Waals surface area contributed by atoms with Gasteiger partial charge in [0.2, 0.25) is 0 Å². The number of nitrogens with zero attached hydrogens (tertiary/aromatic N) is 1. The zero-order chi connectivity index (χ0) is 14.9. The molecule has 0 aliphatic rings. The van der Waals surface area contributed by atoms with Crippen LogP contribution in [0.3, 0.4) is 0 Å². The molecule has 0 radical (unpaired) electrons. The number of nitro groups is 1. The van der Waals surface area contributed by atoms with E-state index < -0.39 is 11.0 Å². The van der Waals surface area contributed by atoms with Gasteiger partial charge in [0.25, 0.3) is 5.06 Å². The fourth-order valence-electron chi connectivity index (χ4n) is 1.45. The maximum Gasteiger partial charge on any atom is 0.323 e. The number of thiophene rings is 1. The molecule has 106 valence electrons. The van der Waals surface area contributed by atoms with Gasteiger partial charge in [-0.2, -0.15) is 0 Å². The van der Waals surface area contributed by atoms with Crippen LogP contribution in [0.5, 0.6) is 10.8 Å². The van der Waals surface area contributed by atoms with Gasteiger partial charge in [-0.25, -0.2) is 0 Å². The van der Waals surface area contributed by atoms with Crippen LogP contribution in [0.4, 0.5) is 5.69 Å². The lowest BCUT2D eigenvalue weighted by Crippen LogP contribution is -1.90. The minimum Gasteiger partial charge on any atom is -0.438 e. The first-order valence-electron chi connectivity index (χ1n) is 5.48. The zero-order valence-corrected chi connectivity index (χ0v) is 12.5. The van der Waals surface area contributed by atoms with Gasteiger partial charge in [-0.05, 0) is 19.1 Å². The zero-order valence-electron chi connectivity index (χ0n) is 10.2. The third-order valence-corrected chi connectivity index (χ3v) is 4.40. The molecule has 0 bridgehead atoms. The predicted octanol–water partition coefficient (Wildman–Crippen LogP) is 4.81. The molecule has 5 nitrogen and oxygen atoms in total. The highest BCUT2D eigenvalue weighted by Crippen LogP contribution is 2.44. The van der Waals surface area contributed by atoms with E-state index in [0.29, 0.717) is 9.90 Å². The molecule has 0 aliphatic carbocycles. The molecule has 1 heterocycles. The van der Waals surface area contributed by atoms with Crippen molar-refractivity contribution in [2.75, 3.05) is 0 Å². The Morgan fingerprint density at radius 2 is 2.15 bits per heavy atom. The van der Waals surface area contributed by atoms with Crippen molar-refractivity contribution in [3.8, 4) is 10.8 Å². The first kappa shape index (κ1) is 15.1. The lowest BCUT2D eigenvalue weighted by atomic mass is 10.3. The molecule has 1 aromatic heterocycles. The van der Waals surface area contributed by atoms with Gasteiger partial charge in [-0.3, -0.25) is 10.1 Å². The number of benzene rings is 1. The van der Waals surface area contributed by atoms with Gasteiger partial charge in [0.05, 0.1) is 16.0 Å². The molecular weight excluding hydrogens is 325 g/mol. The van der Waals surface area contributed by atoms with Gasteiger partial charge < -0.3 is 9.84 Å². The lowest BCUT2D eigenvalue weighted by Gasteiger charge is -2.05. The molecular formula is C12H9Cl2NO4S. The van der Waals surface area contributed by atoms with Crippen molar-refractivity contribution < 1.29 is 14.8 Å². The molecule has 0 saturated carbocycles. The Balaban J connectivity index is 2.42. The van der Waals surface area contributed by atoms with Crippen molar-refractivity contribution in [3.63, 3.8) is 0 Å². The third-order valence-electron chi connectivity index (χ3n) is 2.43. The number of hydrogen-bond donors (Lipinski definition) is 1. The fraction of sp³-hybridized carbons (Fsp3) is 0.167. The van der Waals surface area contributed by atoms with Crippen LogP contribution in [-0.2, 0) is 0 Å². The number of aliphatic hydroxyl groups excluding tert-OH is 1. The minimum absolute atomic E-state index is 0.0510. The van der Waals surface area contributed by atoms with Crippen LogP contribution in [-0.4, -0.2) is 10.0 Å². The van der Waals surface area contributed by atoms with Gasteiger partial charge in [0.15, 0.2) is 0 Å². The lowest BCUT2D eigenvalue weighted by molar-refractivity contribution is -0.385. The van der Waals surface area contributed by atoms with E-state index in [9.17, 15) is 15.2 Å². The standard InChI is InChI=1S/C12H9Cl2NO4S/c1-6(16)10-5-8(15(17)18)12(20-10)19-9-4-2-3-7(13)11(9)14/h2-6,16H,1H3/t6-/m1/s1. The van der Waals surface area contributed by atoms with Gasteiger partial charge in [0, 0.05) is 10.9 Å². The molecule has 1 aromatic carbocycles. The van der Waals surface area contributed by atoms with Crippen molar-refractivity contribution in [2.45, 2.75) is 13.0 Å². The largest absolute Gasteiger partial charge is 0.438 e. The molecule has 1 atom stereocenters. The highest BCUT2D eigenvalue weighted by atomic mass is 35.5. The maximum atomic E-state index is 11.0. The van der Waals surface area contributed by atoms with Crippen LogP contribution in [0.25, 0.3) is 0 Å². The molecule has 2 rings (SSSR count). The second-order valence-corrected chi connectivity index (χ2v) is 5.74. The summed E-state index contributed by atoms with van der Waals surface area (Å²) in [5, 5.41) is 21.0. The second kappa shape index (κ2) is 5.97. The number of aliphatic hydroxyl groups is 1. The molecule has 0 aliphatic heterocycles. The van der Waals surface area contributed by atoms with Crippen LogP contribution >= 0.6 is 34.5 Å². The van der Waals surface area contributed by atoms with E-state index in [1.807, 2.05) is 0 Å². The Morgan fingerprint density at radius 1 is 1.45 bits per heavy atom. The molecule has 8 heteroatoms. The maximum absolute atomic E-state index is 11.0. The Hall–Kier alpha value is -1.34. The van der Waals surface area contributed by atoms with Crippen molar-refractivity contribution in [1.82, 2.24) is 0 Å². The minimum atomic E-state index is -0.814. The molecule has 0 unspecified atom stereocenters. The topological polar surface area (TPSA) is 72.6 Å². The average Bonchev–Trinajstić information content (AvgIpc) is 2.79. The summed E-state index contributed by atoms with van der Waals surface area (Å²) in [5.41, 5.74) is -0.220. The van der Waals surface area contributed by atoms with Crippen LogP contribution in [0.15, 0.2) is 24.3 Å². The summed E-state index contributed by atoms with van der Waals surface area (Å²) < 4.78 is 5.46.